The van der Waals surface area contributed by atoms with E-state index in [-0.39, 0.29) is 35.6 Å². The lowest BCUT2D eigenvalue weighted by Crippen LogP contribution is -2.59. The van der Waals surface area contributed by atoms with Gasteiger partial charge in [0.05, 0.1) is 27.7 Å². The van der Waals surface area contributed by atoms with Crippen LogP contribution >= 0.6 is 11.6 Å². The van der Waals surface area contributed by atoms with Crippen molar-refractivity contribution >= 4 is 34.8 Å². The zero-order chi connectivity index (χ0) is 30.3. The fraction of sp³-hybridized carbons (Fsp3) is 0.394. The van der Waals surface area contributed by atoms with Crippen LogP contribution in [0.15, 0.2) is 60.2 Å². The summed E-state index contributed by atoms with van der Waals surface area (Å²) in [6.07, 6.45) is 3.23. The van der Waals surface area contributed by atoms with Gasteiger partial charge in [0.15, 0.2) is 0 Å². The number of halogens is 2. The maximum Gasteiger partial charge on any atom is 0.246 e. The van der Waals surface area contributed by atoms with Gasteiger partial charge in [-0.25, -0.2) is 14.4 Å². The molecule has 0 unspecified atom stereocenters. The second-order valence-electron chi connectivity index (χ2n) is 11.7. The van der Waals surface area contributed by atoms with E-state index < -0.39 is 0 Å². The molecular weight excluding hydrogens is 551 g/mol. The number of hydrogen-bond donors (Lipinski definition) is 0. The minimum atomic E-state index is -0.388. The van der Waals surface area contributed by atoms with Crippen molar-refractivity contribution in [3.63, 3.8) is 0 Å². The number of carbonyl (C=O) groups excluding carboxylic acids is 1. The Morgan fingerprint density at radius 1 is 1.07 bits per heavy atom. The molecule has 1 aromatic carbocycles. The Kier molecular flexibility index (Phi) is 8.37. The third kappa shape index (κ3) is 5.28. The number of pyridine rings is 2. The summed E-state index contributed by atoms with van der Waals surface area (Å²) in [7, 11) is 0. The van der Waals surface area contributed by atoms with E-state index in [1.54, 1.807) is 18.2 Å². The van der Waals surface area contributed by atoms with Crippen LogP contribution in [0.1, 0.15) is 70.2 Å². The van der Waals surface area contributed by atoms with E-state index >= 15 is 4.39 Å². The molecule has 2 atom stereocenters. The van der Waals surface area contributed by atoms with Crippen LogP contribution in [-0.4, -0.2) is 63.4 Å². The van der Waals surface area contributed by atoms with Crippen molar-refractivity contribution in [3.8, 4) is 11.3 Å². The summed E-state index contributed by atoms with van der Waals surface area (Å²) in [5.74, 6) is 1.34. The zero-order valence-electron chi connectivity index (χ0n) is 25.1. The SMILES string of the molecule is C=CC(=O)N1C[C@H](C)N(C2=NCN(c3c(C(C)C)ccnc3C(C)C)c3nc(-c4ccccc4F)c(Cl)cc32)C[C@H]1C. The van der Waals surface area contributed by atoms with E-state index in [0.717, 1.165) is 28.3 Å². The Morgan fingerprint density at radius 2 is 1.81 bits per heavy atom. The van der Waals surface area contributed by atoms with E-state index in [1.807, 2.05) is 24.1 Å². The Morgan fingerprint density at radius 3 is 2.48 bits per heavy atom. The molecule has 1 amide bonds. The first-order chi connectivity index (χ1) is 20.0. The van der Waals surface area contributed by atoms with Crippen LogP contribution in [0.5, 0.6) is 0 Å². The smallest absolute Gasteiger partial charge is 0.246 e. The first kappa shape index (κ1) is 29.7. The average molecular weight is 589 g/mol. The van der Waals surface area contributed by atoms with Gasteiger partial charge in [0.1, 0.15) is 24.1 Å². The molecule has 1 saturated heterocycles. The quantitative estimate of drug-likeness (QED) is 0.296. The number of anilines is 2. The summed E-state index contributed by atoms with van der Waals surface area (Å²) < 4.78 is 15.0. The normalized spacial score (nSPS) is 18.8. The summed E-state index contributed by atoms with van der Waals surface area (Å²) in [5, 5.41) is 0.342. The van der Waals surface area contributed by atoms with E-state index in [9.17, 15) is 4.79 Å². The lowest BCUT2D eigenvalue weighted by Gasteiger charge is -2.46. The number of amidine groups is 1. The highest BCUT2D eigenvalue weighted by molar-refractivity contribution is 6.33. The number of aliphatic imine (C=N–C) groups is 1. The number of hydrogen-bond acceptors (Lipinski definition) is 6. The van der Waals surface area contributed by atoms with Crippen LogP contribution in [-0.2, 0) is 4.79 Å². The maximum absolute atomic E-state index is 15.0. The third-order valence-electron chi connectivity index (χ3n) is 8.08. The first-order valence-corrected chi connectivity index (χ1v) is 14.9. The molecule has 2 aliphatic rings. The van der Waals surface area contributed by atoms with E-state index in [1.165, 1.54) is 12.1 Å². The summed E-state index contributed by atoms with van der Waals surface area (Å²) in [6.45, 7) is 17.8. The van der Waals surface area contributed by atoms with Gasteiger partial charge in [0.2, 0.25) is 5.91 Å². The fourth-order valence-corrected chi connectivity index (χ4v) is 6.17. The number of benzene rings is 1. The summed E-state index contributed by atoms with van der Waals surface area (Å²) in [5.41, 5.74) is 4.55. The van der Waals surface area contributed by atoms with Crippen molar-refractivity contribution in [2.75, 3.05) is 24.7 Å². The number of piperazine rings is 1. The second-order valence-corrected chi connectivity index (χ2v) is 12.1. The van der Waals surface area contributed by atoms with Crippen LogP contribution in [0.25, 0.3) is 11.3 Å². The third-order valence-corrected chi connectivity index (χ3v) is 8.37. The van der Waals surface area contributed by atoms with Gasteiger partial charge in [0, 0.05) is 36.9 Å². The summed E-state index contributed by atoms with van der Waals surface area (Å²) in [6, 6.07) is 10.4. The van der Waals surface area contributed by atoms with E-state index in [2.05, 4.69) is 57.1 Å². The average Bonchev–Trinajstić information content (AvgIpc) is 2.97. The van der Waals surface area contributed by atoms with Gasteiger partial charge in [-0.2, -0.15) is 0 Å². The van der Waals surface area contributed by atoms with Gasteiger partial charge in [-0.05, 0) is 61.6 Å². The van der Waals surface area contributed by atoms with Gasteiger partial charge in [0.25, 0.3) is 0 Å². The molecule has 0 radical (unpaired) electrons. The van der Waals surface area contributed by atoms with Crippen LogP contribution in [0.2, 0.25) is 5.02 Å². The molecule has 2 aliphatic heterocycles. The highest BCUT2D eigenvalue weighted by atomic mass is 35.5. The largest absolute Gasteiger partial charge is 0.350 e. The molecule has 0 bridgehead atoms. The van der Waals surface area contributed by atoms with Gasteiger partial charge in [-0.3, -0.25) is 9.78 Å². The van der Waals surface area contributed by atoms with Crippen LogP contribution in [0.4, 0.5) is 15.9 Å². The van der Waals surface area contributed by atoms with Crippen molar-refractivity contribution in [2.45, 2.75) is 65.5 Å². The molecule has 5 rings (SSSR count). The molecule has 0 N–H and O–H groups in total. The Bertz CT molecular complexity index is 1530. The minimum absolute atomic E-state index is 0.0101. The van der Waals surface area contributed by atoms with Crippen LogP contribution < -0.4 is 4.90 Å². The number of rotatable bonds is 5. The zero-order valence-corrected chi connectivity index (χ0v) is 25.9. The number of fused-ring (bicyclic) bond motifs is 1. The van der Waals surface area contributed by atoms with Crippen molar-refractivity contribution in [1.82, 2.24) is 19.8 Å². The molecule has 9 heteroatoms. The lowest BCUT2D eigenvalue weighted by molar-refractivity contribution is -0.130. The summed E-state index contributed by atoms with van der Waals surface area (Å²) >= 11 is 6.88. The number of aromatic nitrogens is 2. The molecule has 7 nitrogen and oxygen atoms in total. The van der Waals surface area contributed by atoms with Crippen molar-refractivity contribution in [1.29, 1.82) is 0 Å². The van der Waals surface area contributed by atoms with Crippen LogP contribution in [0, 0.1) is 5.82 Å². The van der Waals surface area contributed by atoms with Gasteiger partial charge in [-0.15, -0.1) is 0 Å². The van der Waals surface area contributed by atoms with E-state index in [4.69, 9.17) is 26.6 Å². The molecule has 0 aliphatic carbocycles. The van der Waals surface area contributed by atoms with Gasteiger partial charge in [-0.1, -0.05) is 58.0 Å². The van der Waals surface area contributed by atoms with Gasteiger partial charge >= 0.3 is 0 Å². The van der Waals surface area contributed by atoms with E-state index in [0.29, 0.717) is 41.9 Å². The van der Waals surface area contributed by atoms with Crippen molar-refractivity contribution in [3.05, 3.63) is 82.9 Å². The standard InChI is InChI=1S/C33H38ClFN6O/c1-8-28(42)39-16-22(7)40(17-21(39)6)32-25-15-26(34)30(24-11-9-10-12-27(24)35)38-33(25)41(18-37-32)31-23(19(2)3)13-14-36-29(31)20(4)5/h8-15,19-22H,1,16-18H2,2-7H3/t21-,22+/m1/s1. The van der Waals surface area contributed by atoms with Crippen molar-refractivity contribution in [2.24, 2.45) is 4.99 Å². The molecule has 3 aromatic rings. The van der Waals surface area contributed by atoms with Crippen molar-refractivity contribution < 1.29 is 9.18 Å². The highest BCUT2D eigenvalue weighted by Gasteiger charge is 2.37. The predicted octanol–water partition coefficient (Wildman–Crippen LogP) is 7.15. The highest BCUT2D eigenvalue weighted by Crippen LogP contribution is 2.43. The molecule has 2 aromatic heterocycles. The van der Waals surface area contributed by atoms with Crippen LogP contribution in [0.3, 0.4) is 0 Å². The number of carbonyl (C=O) groups is 1. The Balaban J connectivity index is 1.70. The first-order valence-electron chi connectivity index (χ1n) is 14.5. The predicted molar refractivity (Wildman–Crippen MR) is 168 cm³/mol. The minimum Gasteiger partial charge on any atom is -0.350 e. The number of nitrogens with zero attached hydrogens (tertiary/aromatic N) is 6. The molecule has 1 fully saturated rings. The second kappa shape index (κ2) is 11.8. The molecule has 0 spiro atoms. The molecule has 42 heavy (non-hydrogen) atoms. The lowest BCUT2D eigenvalue weighted by atomic mass is 9.95. The maximum atomic E-state index is 15.0. The Hall–Kier alpha value is -3.78. The molecule has 220 valence electrons. The topological polar surface area (TPSA) is 64.9 Å². The summed E-state index contributed by atoms with van der Waals surface area (Å²) in [4.78, 5) is 33.7. The monoisotopic (exact) mass is 588 g/mol. The van der Waals surface area contributed by atoms with Gasteiger partial charge < -0.3 is 14.7 Å². The Labute approximate surface area is 252 Å². The number of amides is 1. The molecule has 0 saturated carbocycles. The molecule has 4 heterocycles. The fourth-order valence-electron chi connectivity index (χ4n) is 5.92. The molecular formula is C33H38ClFN6O.